The molecular weight excluding hydrogens is 346 g/mol. The molecule has 0 heterocycles. The molecule has 1 aromatic carbocycles. The summed E-state index contributed by atoms with van der Waals surface area (Å²) in [5.41, 5.74) is 0.635. The second kappa shape index (κ2) is 8.30. The van der Waals surface area contributed by atoms with Crippen molar-refractivity contribution in [3.63, 3.8) is 0 Å². The SMILES string of the molecule is CC(CN(C)C(=O)NC(C)c1cccc(S(=O)(=O)N(C)C)c1)C(=O)O. The number of carboxylic acid groups (broad SMARTS) is 1. The van der Waals surface area contributed by atoms with Crippen molar-refractivity contribution in [2.75, 3.05) is 27.7 Å². The third-order valence-electron chi connectivity index (χ3n) is 3.79. The Morgan fingerprint density at radius 2 is 1.80 bits per heavy atom. The summed E-state index contributed by atoms with van der Waals surface area (Å²) in [7, 11) is 0.851. The number of benzene rings is 1. The van der Waals surface area contributed by atoms with Crippen LogP contribution < -0.4 is 5.32 Å². The minimum Gasteiger partial charge on any atom is -0.481 e. The van der Waals surface area contributed by atoms with Crippen LogP contribution in [0.2, 0.25) is 0 Å². The van der Waals surface area contributed by atoms with E-state index >= 15 is 0 Å². The summed E-state index contributed by atoms with van der Waals surface area (Å²) in [6, 6.07) is 5.48. The summed E-state index contributed by atoms with van der Waals surface area (Å²) in [5.74, 6) is -1.66. The molecule has 0 bridgehead atoms. The highest BCUT2D eigenvalue weighted by molar-refractivity contribution is 7.89. The minimum absolute atomic E-state index is 0.0724. The first-order chi connectivity index (χ1) is 11.5. The van der Waals surface area contributed by atoms with Crippen LogP contribution in [0.15, 0.2) is 29.2 Å². The van der Waals surface area contributed by atoms with E-state index in [2.05, 4.69) is 5.32 Å². The van der Waals surface area contributed by atoms with Gasteiger partial charge in [-0.3, -0.25) is 4.79 Å². The van der Waals surface area contributed by atoms with Crippen molar-refractivity contribution in [2.45, 2.75) is 24.8 Å². The van der Waals surface area contributed by atoms with E-state index < -0.39 is 34.0 Å². The molecule has 0 saturated carbocycles. The van der Waals surface area contributed by atoms with E-state index in [1.165, 1.54) is 45.1 Å². The average molecular weight is 371 g/mol. The molecule has 2 atom stereocenters. The fourth-order valence-electron chi connectivity index (χ4n) is 2.11. The lowest BCUT2D eigenvalue weighted by Gasteiger charge is -2.23. The van der Waals surface area contributed by atoms with Gasteiger partial charge < -0.3 is 15.3 Å². The highest BCUT2D eigenvalue weighted by Gasteiger charge is 2.21. The lowest BCUT2D eigenvalue weighted by atomic mass is 10.1. The fourth-order valence-corrected chi connectivity index (χ4v) is 3.06. The zero-order chi connectivity index (χ0) is 19.4. The van der Waals surface area contributed by atoms with Crippen LogP contribution in [0.3, 0.4) is 0 Å². The Labute approximate surface area is 148 Å². The van der Waals surface area contributed by atoms with Crippen LogP contribution in [-0.4, -0.2) is 62.4 Å². The van der Waals surface area contributed by atoms with Crippen molar-refractivity contribution < 1.29 is 23.1 Å². The molecule has 140 valence electrons. The fraction of sp³-hybridized carbons (Fsp3) is 0.500. The predicted molar refractivity (Wildman–Crippen MR) is 93.7 cm³/mol. The number of sulfonamides is 1. The quantitative estimate of drug-likeness (QED) is 0.752. The molecule has 1 rings (SSSR count). The number of carbonyl (C=O) groups excluding carboxylic acids is 1. The van der Waals surface area contributed by atoms with E-state index in [4.69, 9.17) is 5.11 Å². The number of carbonyl (C=O) groups is 2. The molecule has 0 spiro atoms. The van der Waals surface area contributed by atoms with Crippen LogP contribution >= 0.6 is 0 Å². The molecule has 0 aliphatic rings. The van der Waals surface area contributed by atoms with Crippen LogP contribution in [-0.2, 0) is 14.8 Å². The van der Waals surface area contributed by atoms with Crippen molar-refractivity contribution in [3.8, 4) is 0 Å². The number of hydrogen-bond acceptors (Lipinski definition) is 4. The van der Waals surface area contributed by atoms with Crippen LogP contribution in [0, 0.1) is 5.92 Å². The van der Waals surface area contributed by atoms with Crippen LogP contribution in [0.1, 0.15) is 25.5 Å². The van der Waals surface area contributed by atoms with E-state index in [1.807, 2.05) is 0 Å². The number of rotatable bonds is 7. The number of aliphatic carboxylic acids is 1. The Kier molecular flexibility index (Phi) is 6.95. The van der Waals surface area contributed by atoms with Crippen LogP contribution in [0.5, 0.6) is 0 Å². The lowest BCUT2D eigenvalue weighted by molar-refractivity contribution is -0.141. The molecule has 2 N–H and O–H groups in total. The summed E-state index contributed by atoms with van der Waals surface area (Å²) in [4.78, 5) is 24.5. The van der Waals surface area contributed by atoms with Gasteiger partial charge in [-0.05, 0) is 24.6 Å². The predicted octanol–water partition coefficient (Wildman–Crippen LogP) is 1.36. The summed E-state index contributed by atoms with van der Waals surface area (Å²) < 4.78 is 25.5. The molecule has 0 saturated heterocycles. The van der Waals surface area contributed by atoms with Gasteiger partial charge in [0.1, 0.15) is 0 Å². The van der Waals surface area contributed by atoms with Gasteiger partial charge >= 0.3 is 12.0 Å². The highest BCUT2D eigenvalue weighted by Crippen LogP contribution is 2.19. The van der Waals surface area contributed by atoms with Gasteiger partial charge in [-0.1, -0.05) is 19.1 Å². The first kappa shape index (κ1) is 20.9. The molecule has 25 heavy (non-hydrogen) atoms. The summed E-state index contributed by atoms with van der Waals surface area (Å²) in [5, 5.41) is 11.6. The minimum atomic E-state index is -3.56. The van der Waals surface area contributed by atoms with Crippen molar-refractivity contribution in [3.05, 3.63) is 29.8 Å². The smallest absolute Gasteiger partial charge is 0.317 e. The average Bonchev–Trinajstić information content (AvgIpc) is 2.54. The number of urea groups is 1. The van der Waals surface area contributed by atoms with Gasteiger partial charge in [0, 0.05) is 27.7 Å². The largest absolute Gasteiger partial charge is 0.481 e. The molecule has 8 nitrogen and oxygen atoms in total. The van der Waals surface area contributed by atoms with E-state index in [-0.39, 0.29) is 11.4 Å². The molecule has 2 unspecified atom stereocenters. The van der Waals surface area contributed by atoms with Crippen molar-refractivity contribution in [1.29, 1.82) is 0 Å². The topological polar surface area (TPSA) is 107 Å². The maximum Gasteiger partial charge on any atom is 0.317 e. The van der Waals surface area contributed by atoms with Crippen molar-refractivity contribution in [1.82, 2.24) is 14.5 Å². The number of amides is 2. The standard InChI is InChI=1S/C16H25N3O5S/c1-11(15(20)21)10-19(5)16(22)17-12(2)13-7-6-8-14(9-13)25(23,24)18(3)4/h6-9,11-12H,10H2,1-5H3,(H,17,22)(H,20,21). The Morgan fingerprint density at radius 1 is 1.20 bits per heavy atom. The van der Waals surface area contributed by atoms with Gasteiger partial charge in [0.15, 0.2) is 0 Å². The van der Waals surface area contributed by atoms with Crippen molar-refractivity contribution in [2.24, 2.45) is 5.92 Å². The molecule has 1 aromatic rings. The third-order valence-corrected chi connectivity index (χ3v) is 5.60. The lowest BCUT2D eigenvalue weighted by Crippen LogP contribution is -2.41. The van der Waals surface area contributed by atoms with Crippen molar-refractivity contribution >= 4 is 22.0 Å². The van der Waals surface area contributed by atoms with Gasteiger partial charge in [-0.2, -0.15) is 0 Å². The molecule has 2 amide bonds. The molecular formula is C16H25N3O5S. The summed E-state index contributed by atoms with van der Waals surface area (Å²) in [6.07, 6.45) is 0. The zero-order valence-corrected chi connectivity index (χ0v) is 15.9. The summed E-state index contributed by atoms with van der Waals surface area (Å²) in [6.45, 7) is 3.32. The normalized spacial score (nSPS) is 14.0. The number of hydrogen-bond donors (Lipinski definition) is 2. The first-order valence-corrected chi connectivity index (χ1v) is 9.17. The van der Waals surface area contributed by atoms with Crippen LogP contribution in [0.4, 0.5) is 4.79 Å². The van der Waals surface area contributed by atoms with Gasteiger partial charge in [0.25, 0.3) is 0 Å². The Balaban J connectivity index is 2.86. The van der Waals surface area contributed by atoms with Gasteiger partial charge in [-0.15, -0.1) is 0 Å². The zero-order valence-electron chi connectivity index (χ0n) is 15.1. The first-order valence-electron chi connectivity index (χ1n) is 7.73. The highest BCUT2D eigenvalue weighted by atomic mass is 32.2. The Morgan fingerprint density at radius 3 is 2.32 bits per heavy atom. The molecule has 0 aromatic heterocycles. The maximum absolute atomic E-state index is 12.2. The molecule has 0 fully saturated rings. The Bertz CT molecular complexity index is 733. The number of nitrogens with zero attached hydrogens (tertiary/aromatic N) is 2. The second-order valence-electron chi connectivity index (χ2n) is 6.15. The molecule has 0 aliphatic carbocycles. The second-order valence-corrected chi connectivity index (χ2v) is 8.30. The third kappa shape index (κ3) is 5.43. The molecule has 0 radical (unpaired) electrons. The van der Waals surface area contributed by atoms with Gasteiger partial charge in [0.2, 0.25) is 10.0 Å². The van der Waals surface area contributed by atoms with Gasteiger partial charge in [0.05, 0.1) is 16.9 Å². The summed E-state index contributed by atoms with van der Waals surface area (Å²) >= 11 is 0. The number of nitrogens with one attached hydrogen (secondary N) is 1. The molecule has 9 heteroatoms. The van der Waals surface area contributed by atoms with E-state index in [0.717, 1.165) is 4.31 Å². The van der Waals surface area contributed by atoms with Gasteiger partial charge in [-0.25, -0.2) is 17.5 Å². The number of carboxylic acids is 1. The molecule has 0 aliphatic heterocycles. The monoisotopic (exact) mass is 371 g/mol. The maximum atomic E-state index is 12.2. The van der Waals surface area contributed by atoms with Crippen LogP contribution in [0.25, 0.3) is 0 Å². The van der Waals surface area contributed by atoms with E-state index in [0.29, 0.717) is 5.56 Å². The Hall–Kier alpha value is -2.13. The van der Waals surface area contributed by atoms with E-state index in [1.54, 1.807) is 19.1 Å². The van der Waals surface area contributed by atoms with E-state index in [9.17, 15) is 18.0 Å².